The van der Waals surface area contributed by atoms with Crippen LogP contribution in [0.2, 0.25) is 0 Å². The molecular weight excluding hydrogens is 294 g/mol. The molecule has 0 spiro atoms. The molecule has 0 fully saturated rings. The van der Waals surface area contributed by atoms with Crippen LogP contribution in [-0.2, 0) is 17.9 Å². The van der Waals surface area contributed by atoms with Crippen LogP contribution >= 0.6 is 11.8 Å². The molecule has 0 aliphatic heterocycles. The molecule has 0 aliphatic rings. The zero-order chi connectivity index (χ0) is 15.8. The second kappa shape index (κ2) is 8.54. The van der Waals surface area contributed by atoms with E-state index in [4.69, 9.17) is 0 Å². The molecule has 0 aromatic carbocycles. The van der Waals surface area contributed by atoms with E-state index in [1.807, 2.05) is 48.5 Å². The number of nitrogens with zero attached hydrogens (tertiary/aromatic N) is 3. The Labute approximate surface area is 136 Å². The number of carbonyl (C=O) groups is 1. The number of pyridine rings is 2. The molecule has 2 aromatic heterocycles. The number of rotatable bonds is 7. The highest BCUT2D eigenvalue weighted by atomic mass is 32.2. The van der Waals surface area contributed by atoms with Crippen molar-refractivity contribution in [3.05, 3.63) is 60.2 Å². The maximum absolute atomic E-state index is 12.7. The van der Waals surface area contributed by atoms with Crippen LogP contribution in [0.5, 0.6) is 0 Å². The van der Waals surface area contributed by atoms with Crippen molar-refractivity contribution >= 4 is 17.7 Å². The number of aromatic nitrogens is 2. The summed E-state index contributed by atoms with van der Waals surface area (Å²) in [6.07, 6.45) is 9.10. The fraction of sp³-hybridized carbons (Fsp3) is 0.353. The Morgan fingerprint density at radius 3 is 2.50 bits per heavy atom. The maximum Gasteiger partial charge on any atom is 0.226 e. The zero-order valence-corrected chi connectivity index (χ0v) is 13.8. The number of hydrogen-bond donors (Lipinski definition) is 0. The summed E-state index contributed by atoms with van der Waals surface area (Å²) in [6.45, 7) is 3.16. The lowest BCUT2D eigenvalue weighted by molar-refractivity contribution is -0.135. The summed E-state index contributed by atoms with van der Waals surface area (Å²) in [6, 6.07) is 7.79. The van der Waals surface area contributed by atoms with Gasteiger partial charge in [0.05, 0.1) is 0 Å². The highest BCUT2D eigenvalue weighted by molar-refractivity contribution is 7.98. The minimum absolute atomic E-state index is 0.00788. The van der Waals surface area contributed by atoms with Crippen molar-refractivity contribution in [2.75, 3.05) is 12.0 Å². The van der Waals surface area contributed by atoms with E-state index in [1.54, 1.807) is 30.4 Å². The Hall–Kier alpha value is -1.88. The average Bonchev–Trinajstić information content (AvgIpc) is 2.56. The third kappa shape index (κ3) is 4.84. The summed E-state index contributed by atoms with van der Waals surface area (Å²) in [5.41, 5.74) is 2.13. The molecule has 1 amide bonds. The predicted molar refractivity (Wildman–Crippen MR) is 90.3 cm³/mol. The van der Waals surface area contributed by atoms with Gasteiger partial charge in [-0.05, 0) is 35.6 Å². The van der Waals surface area contributed by atoms with Crippen LogP contribution < -0.4 is 0 Å². The number of amides is 1. The molecule has 0 aliphatic carbocycles. The fourth-order valence-electron chi connectivity index (χ4n) is 2.27. The largest absolute Gasteiger partial charge is 0.334 e. The van der Waals surface area contributed by atoms with Crippen molar-refractivity contribution in [1.29, 1.82) is 0 Å². The fourth-order valence-corrected chi connectivity index (χ4v) is 2.91. The third-order valence-corrected chi connectivity index (χ3v) is 4.20. The average molecular weight is 315 g/mol. The third-order valence-electron chi connectivity index (χ3n) is 3.37. The van der Waals surface area contributed by atoms with Crippen LogP contribution in [0, 0.1) is 5.92 Å². The van der Waals surface area contributed by atoms with Gasteiger partial charge in [0.25, 0.3) is 0 Å². The molecule has 2 rings (SSSR count). The predicted octanol–water partition coefficient (Wildman–Crippen LogP) is 3.00. The number of thioether (sulfide) groups is 1. The van der Waals surface area contributed by atoms with E-state index < -0.39 is 0 Å². The molecule has 22 heavy (non-hydrogen) atoms. The van der Waals surface area contributed by atoms with Crippen LogP contribution in [0.15, 0.2) is 49.1 Å². The SMILES string of the molecule is CSCC(C)C(=O)N(Cc1ccncc1)Cc1cccnc1. The lowest BCUT2D eigenvalue weighted by atomic mass is 10.1. The molecule has 116 valence electrons. The van der Waals surface area contributed by atoms with E-state index in [1.165, 1.54) is 0 Å². The Kier molecular flexibility index (Phi) is 6.40. The molecule has 0 saturated heterocycles. The molecule has 1 atom stereocenters. The van der Waals surface area contributed by atoms with Crippen LogP contribution in [-0.4, -0.2) is 32.8 Å². The van der Waals surface area contributed by atoms with Gasteiger partial charge in [0, 0.05) is 49.5 Å². The van der Waals surface area contributed by atoms with Gasteiger partial charge in [0.1, 0.15) is 0 Å². The molecule has 2 aromatic rings. The quantitative estimate of drug-likeness (QED) is 0.788. The van der Waals surface area contributed by atoms with Gasteiger partial charge < -0.3 is 4.90 Å². The van der Waals surface area contributed by atoms with E-state index in [0.717, 1.165) is 16.9 Å². The first-order valence-corrected chi connectivity index (χ1v) is 8.65. The second-order valence-electron chi connectivity index (χ2n) is 5.27. The Bertz CT molecular complexity index is 535. The monoisotopic (exact) mass is 315 g/mol. The Morgan fingerprint density at radius 1 is 1.14 bits per heavy atom. The van der Waals surface area contributed by atoms with Gasteiger partial charge in [-0.15, -0.1) is 0 Å². The van der Waals surface area contributed by atoms with Gasteiger partial charge in [-0.3, -0.25) is 14.8 Å². The van der Waals surface area contributed by atoms with Gasteiger partial charge in [0.15, 0.2) is 0 Å². The first-order valence-electron chi connectivity index (χ1n) is 7.26. The van der Waals surface area contributed by atoms with Gasteiger partial charge in [-0.2, -0.15) is 11.8 Å². The topological polar surface area (TPSA) is 46.1 Å². The van der Waals surface area contributed by atoms with E-state index in [2.05, 4.69) is 9.97 Å². The van der Waals surface area contributed by atoms with Crippen LogP contribution in [0.25, 0.3) is 0 Å². The number of hydrogen-bond acceptors (Lipinski definition) is 4. The highest BCUT2D eigenvalue weighted by Gasteiger charge is 2.20. The van der Waals surface area contributed by atoms with Crippen LogP contribution in [0.4, 0.5) is 0 Å². The first-order chi connectivity index (χ1) is 10.7. The summed E-state index contributed by atoms with van der Waals surface area (Å²) in [5, 5.41) is 0. The lowest BCUT2D eigenvalue weighted by Crippen LogP contribution is -2.35. The van der Waals surface area contributed by atoms with Gasteiger partial charge >= 0.3 is 0 Å². The minimum Gasteiger partial charge on any atom is -0.334 e. The van der Waals surface area contributed by atoms with Crippen molar-refractivity contribution < 1.29 is 4.79 Å². The van der Waals surface area contributed by atoms with Crippen molar-refractivity contribution in [3.63, 3.8) is 0 Å². The summed E-state index contributed by atoms with van der Waals surface area (Å²) in [4.78, 5) is 22.8. The molecule has 1 unspecified atom stereocenters. The maximum atomic E-state index is 12.7. The standard InChI is InChI=1S/C17H21N3OS/c1-14(13-22-2)17(21)20(11-15-5-8-18-9-6-15)12-16-4-3-7-19-10-16/h3-10,14H,11-13H2,1-2H3. The molecule has 0 saturated carbocycles. The van der Waals surface area contributed by atoms with Gasteiger partial charge in [0.2, 0.25) is 5.91 Å². The van der Waals surface area contributed by atoms with Crippen molar-refractivity contribution in [1.82, 2.24) is 14.9 Å². The molecule has 0 bridgehead atoms. The van der Waals surface area contributed by atoms with Crippen molar-refractivity contribution in [2.24, 2.45) is 5.92 Å². The van der Waals surface area contributed by atoms with Crippen molar-refractivity contribution in [2.45, 2.75) is 20.0 Å². The summed E-state index contributed by atoms with van der Waals surface area (Å²) in [5.74, 6) is 1.02. The highest BCUT2D eigenvalue weighted by Crippen LogP contribution is 2.15. The van der Waals surface area contributed by atoms with E-state index in [9.17, 15) is 4.79 Å². The zero-order valence-electron chi connectivity index (χ0n) is 13.0. The van der Waals surface area contributed by atoms with Crippen LogP contribution in [0.3, 0.4) is 0 Å². The Balaban J connectivity index is 2.14. The van der Waals surface area contributed by atoms with Crippen molar-refractivity contribution in [3.8, 4) is 0 Å². The smallest absolute Gasteiger partial charge is 0.226 e. The number of carbonyl (C=O) groups excluding carboxylic acids is 1. The van der Waals surface area contributed by atoms with Crippen LogP contribution in [0.1, 0.15) is 18.1 Å². The second-order valence-corrected chi connectivity index (χ2v) is 6.18. The first kappa shape index (κ1) is 16.5. The molecule has 4 nitrogen and oxygen atoms in total. The normalized spacial score (nSPS) is 11.9. The van der Waals surface area contributed by atoms with E-state index in [-0.39, 0.29) is 11.8 Å². The minimum atomic E-state index is 0.00788. The molecule has 0 N–H and O–H groups in total. The lowest BCUT2D eigenvalue weighted by Gasteiger charge is -2.26. The Morgan fingerprint density at radius 2 is 1.86 bits per heavy atom. The molecular formula is C17H21N3OS. The van der Waals surface area contributed by atoms with E-state index >= 15 is 0 Å². The van der Waals surface area contributed by atoms with E-state index in [0.29, 0.717) is 13.1 Å². The molecule has 5 heteroatoms. The molecule has 2 heterocycles. The summed E-state index contributed by atoms with van der Waals surface area (Å²) in [7, 11) is 0. The van der Waals surface area contributed by atoms with Gasteiger partial charge in [-0.1, -0.05) is 13.0 Å². The van der Waals surface area contributed by atoms with Gasteiger partial charge in [-0.25, -0.2) is 0 Å². The molecule has 0 radical (unpaired) electrons. The summed E-state index contributed by atoms with van der Waals surface area (Å²) >= 11 is 1.70. The summed E-state index contributed by atoms with van der Waals surface area (Å²) < 4.78 is 0.